The molecule has 26 heavy (non-hydrogen) atoms. The van der Waals surface area contributed by atoms with Gasteiger partial charge in [-0.05, 0) is 83.4 Å². The van der Waals surface area contributed by atoms with Crippen LogP contribution >= 0.6 is 15.9 Å². The van der Waals surface area contributed by atoms with Gasteiger partial charge in [0, 0.05) is 5.56 Å². The number of allylic oxidation sites excluding steroid dienone is 1. The molecule has 0 saturated heterocycles. The second-order valence-corrected chi connectivity index (χ2v) is 20.3. The molecule has 0 aliphatic rings. The van der Waals surface area contributed by atoms with Crippen LogP contribution in [0.1, 0.15) is 54.0 Å². The lowest BCUT2D eigenvalue weighted by Crippen LogP contribution is -2.43. The summed E-state index contributed by atoms with van der Waals surface area (Å²) in [6, 6.07) is 6.29. The van der Waals surface area contributed by atoms with E-state index in [1.54, 1.807) is 0 Å². The topological polar surface area (TPSA) is 18.5 Å². The molecule has 0 aromatic heterocycles. The molecule has 0 amide bonds. The van der Waals surface area contributed by atoms with Gasteiger partial charge in [-0.3, -0.25) is 0 Å². The van der Waals surface area contributed by atoms with E-state index in [1.807, 2.05) is 6.92 Å². The second-order valence-electron chi connectivity index (χ2n) is 10.0. The highest BCUT2D eigenvalue weighted by Crippen LogP contribution is 2.42. The van der Waals surface area contributed by atoms with Crippen molar-refractivity contribution in [2.24, 2.45) is 0 Å². The van der Waals surface area contributed by atoms with Crippen molar-refractivity contribution in [3.05, 3.63) is 34.3 Å². The van der Waals surface area contributed by atoms with Gasteiger partial charge in [0.05, 0.1) is 4.47 Å². The number of benzene rings is 1. The summed E-state index contributed by atoms with van der Waals surface area (Å²) in [6.07, 6.45) is 2.07. The predicted octanol–water partition coefficient (Wildman–Crippen LogP) is 8.22. The summed E-state index contributed by atoms with van der Waals surface area (Å²) in [5.74, 6) is 1.87. The summed E-state index contributed by atoms with van der Waals surface area (Å²) in [7, 11) is -3.74. The minimum Gasteiger partial charge on any atom is -0.543 e. The Morgan fingerprint density at radius 2 is 1.42 bits per heavy atom. The minimum atomic E-state index is -1.87. The highest BCUT2D eigenvalue weighted by Gasteiger charge is 2.40. The summed E-state index contributed by atoms with van der Waals surface area (Å²) < 4.78 is 14.0. The maximum atomic E-state index is 6.53. The summed E-state index contributed by atoms with van der Waals surface area (Å²) in [5, 5.41) is 0.342. The van der Waals surface area contributed by atoms with Gasteiger partial charge < -0.3 is 8.85 Å². The maximum Gasteiger partial charge on any atom is 0.250 e. The fourth-order valence-electron chi connectivity index (χ4n) is 1.88. The molecule has 0 radical (unpaired) electrons. The van der Waals surface area contributed by atoms with Crippen molar-refractivity contribution >= 4 is 38.3 Å². The number of halogens is 1. The summed E-state index contributed by atoms with van der Waals surface area (Å²) >= 11 is 3.71. The van der Waals surface area contributed by atoms with E-state index in [1.165, 1.54) is 0 Å². The van der Waals surface area contributed by atoms with E-state index in [2.05, 4.69) is 108 Å². The molecule has 0 N–H and O–H groups in total. The first-order chi connectivity index (χ1) is 11.5. The number of hydrogen-bond donors (Lipinski definition) is 0. The van der Waals surface area contributed by atoms with Crippen LogP contribution in [0.3, 0.4) is 0 Å². The van der Waals surface area contributed by atoms with Gasteiger partial charge in [0.2, 0.25) is 8.32 Å². The van der Waals surface area contributed by atoms with E-state index in [0.29, 0.717) is 0 Å². The summed E-state index contributed by atoms with van der Waals surface area (Å²) in [4.78, 5) is 0. The average molecular weight is 458 g/mol. The normalized spacial score (nSPS) is 14.4. The van der Waals surface area contributed by atoms with Gasteiger partial charge in [0.25, 0.3) is 8.32 Å². The zero-order valence-electron chi connectivity index (χ0n) is 18.5. The second kappa shape index (κ2) is 7.84. The molecule has 0 saturated carbocycles. The summed E-state index contributed by atoms with van der Waals surface area (Å²) in [6.45, 7) is 24.7. The van der Waals surface area contributed by atoms with E-state index in [9.17, 15) is 0 Å². The molecule has 0 unspecified atom stereocenters. The van der Waals surface area contributed by atoms with E-state index in [4.69, 9.17) is 8.85 Å². The molecule has 0 aliphatic carbocycles. The third kappa shape index (κ3) is 5.49. The van der Waals surface area contributed by atoms with Crippen LogP contribution in [0.2, 0.25) is 36.3 Å². The van der Waals surface area contributed by atoms with Crippen molar-refractivity contribution < 1.29 is 8.85 Å². The molecular formula is C21H37BrO2Si2. The van der Waals surface area contributed by atoms with Gasteiger partial charge in [0.15, 0.2) is 0 Å². The average Bonchev–Trinajstić information content (AvgIpc) is 2.44. The van der Waals surface area contributed by atoms with E-state index in [-0.39, 0.29) is 10.1 Å². The Balaban J connectivity index is 3.13. The highest BCUT2D eigenvalue weighted by molar-refractivity contribution is 9.10. The Hall–Kier alpha value is -0.526. The fourth-order valence-corrected chi connectivity index (χ4v) is 4.61. The van der Waals surface area contributed by atoms with Crippen LogP contribution in [-0.4, -0.2) is 16.6 Å². The first kappa shape index (κ1) is 23.5. The summed E-state index contributed by atoms with van der Waals surface area (Å²) in [5.41, 5.74) is 1.09. The van der Waals surface area contributed by atoms with E-state index in [0.717, 1.165) is 21.5 Å². The Labute approximate surface area is 171 Å². The van der Waals surface area contributed by atoms with Crippen LogP contribution in [0.5, 0.6) is 5.75 Å². The smallest absolute Gasteiger partial charge is 0.250 e. The van der Waals surface area contributed by atoms with Crippen LogP contribution in [0.4, 0.5) is 0 Å². The van der Waals surface area contributed by atoms with Gasteiger partial charge >= 0.3 is 0 Å². The van der Waals surface area contributed by atoms with Gasteiger partial charge in [-0.25, -0.2) is 0 Å². The first-order valence-corrected chi connectivity index (χ1v) is 16.0. The van der Waals surface area contributed by atoms with Crippen molar-refractivity contribution in [1.82, 2.24) is 0 Å². The van der Waals surface area contributed by atoms with E-state index < -0.39 is 16.6 Å². The van der Waals surface area contributed by atoms with Gasteiger partial charge in [-0.1, -0.05) is 41.5 Å². The van der Waals surface area contributed by atoms with Crippen LogP contribution in [-0.2, 0) is 4.43 Å². The molecule has 1 aromatic rings. The highest BCUT2D eigenvalue weighted by atomic mass is 79.9. The first-order valence-electron chi connectivity index (χ1n) is 9.36. The molecule has 0 spiro atoms. The van der Waals surface area contributed by atoms with Gasteiger partial charge in [-0.15, -0.1) is 0 Å². The Kier molecular flexibility index (Phi) is 7.09. The van der Waals surface area contributed by atoms with Crippen molar-refractivity contribution in [3.63, 3.8) is 0 Å². The van der Waals surface area contributed by atoms with Crippen molar-refractivity contribution in [3.8, 4) is 5.75 Å². The lowest BCUT2D eigenvalue weighted by atomic mass is 10.2. The molecule has 0 atom stereocenters. The van der Waals surface area contributed by atoms with Crippen LogP contribution in [0, 0.1) is 0 Å². The minimum absolute atomic E-state index is 0.171. The SMILES string of the molecule is C/C=C(/O[Si](C)(C)C(C)(C)C)c1ccc(O[Si](C)(C)C(C)(C)C)c(Br)c1. The fraction of sp³-hybridized carbons (Fsp3) is 0.619. The third-order valence-corrected chi connectivity index (χ3v) is 15.1. The molecule has 0 bridgehead atoms. The number of hydrogen-bond acceptors (Lipinski definition) is 2. The zero-order valence-corrected chi connectivity index (χ0v) is 22.1. The largest absolute Gasteiger partial charge is 0.543 e. The Bertz CT molecular complexity index is 666. The van der Waals surface area contributed by atoms with E-state index >= 15 is 0 Å². The lowest BCUT2D eigenvalue weighted by Gasteiger charge is -2.38. The standard InChI is InChI=1S/C21H37BrO2Si2/c1-12-18(23-25(8,9)20(2,3)4)16-13-14-19(17(22)15-16)24-26(10,11)21(5,6)7/h12-15H,1-11H3/b18-12+. The van der Waals surface area contributed by atoms with Gasteiger partial charge in [0.1, 0.15) is 11.5 Å². The van der Waals surface area contributed by atoms with Crippen LogP contribution in [0.25, 0.3) is 5.76 Å². The van der Waals surface area contributed by atoms with Crippen molar-refractivity contribution in [2.75, 3.05) is 0 Å². The zero-order chi connectivity index (χ0) is 20.6. The van der Waals surface area contributed by atoms with Crippen molar-refractivity contribution in [1.29, 1.82) is 0 Å². The Morgan fingerprint density at radius 1 is 0.923 bits per heavy atom. The molecule has 0 heterocycles. The number of rotatable bonds is 5. The lowest BCUT2D eigenvalue weighted by molar-refractivity contribution is 0.457. The molecule has 0 aliphatic heterocycles. The molecule has 1 rings (SSSR count). The monoisotopic (exact) mass is 456 g/mol. The molecule has 5 heteroatoms. The molecule has 0 fully saturated rings. The maximum absolute atomic E-state index is 6.53. The Morgan fingerprint density at radius 3 is 1.81 bits per heavy atom. The predicted molar refractivity (Wildman–Crippen MR) is 124 cm³/mol. The van der Waals surface area contributed by atoms with Gasteiger partial charge in [-0.2, -0.15) is 0 Å². The quantitative estimate of drug-likeness (QED) is 0.328. The molecular weight excluding hydrogens is 420 g/mol. The van der Waals surface area contributed by atoms with Crippen molar-refractivity contribution in [2.45, 2.75) is 84.7 Å². The molecule has 1 aromatic carbocycles. The molecule has 148 valence electrons. The van der Waals surface area contributed by atoms with Crippen LogP contribution in [0.15, 0.2) is 28.7 Å². The third-order valence-electron chi connectivity index (χ3n) is 5.82. The molecule has 2 nitrogen and oxygen atoms in total. The van der Waals surface area contributed by atoms with Crippen LogP contribution < -0.4 is 4.43 Å².